The predicted molar refractivity (Wildman–Crippen MR) is 98.2 cm³/mol. The highest BCUT2D eigenvalue weighted by Crippen LogP contribution is 2.28. The van der Waals surface area contributed by atoms with E-state index in [-0.39, 0.29) is 0 Å². The van der Waals surface area contributed by atoms with E-state index in [2.05, 4.69) is 26.2 Å². The van der Waals surface area contributed by atoms with Gasteiger partial charge in [0, 0.05) is 30.7 Å². The van der Waals surface area contributed by atoms with Crippen LogP contribution in [0.5, 0.6) is 0 Å². The maximum atomic E-state index is 12.1. The maximum absolute atomic E-state index is 12.1. The third-order valence-corrected chi connectivity index (χ3v) is 4.77. The number of hydrogen-bond acceptors (Lipinski definition) is 4. The lowest BCUT2D eigenvalue weighted by Crippen LogP contribution is -2.15. The van der Waals surface area contributed by atoms with Gasteiger partial charge < -0.3 is 10.3 Å². The van der Waals surface area contributed by atoms with Crippen LogP contribution in [0.2, 0.25) is 0 Å². The topological polar surface area (TPSA) is 107 Å². The molecule has 4 rings (SSSR count). The number of aromatic nitrogens is 5. The molecule has 0 radical (unpaired) electrons. The van der Waals surface area contributed by atoms with Crippen molar-refractivity contribution in [2.45, 2.75) is 39.0 Å². The Kier molecular flexibility index (Phi) is 4.16. The second-order valence-corrected chi connectivity index (χ2v) is 6.35. The average molecular weight is 351 g/mol. The highest BCUT2D eigenvalue weighted by molar-refractivity contribution is 6.00. The predicted octanol–water partition coefficient (Wildman–Crippen LogP) is 2.15. The number of primary amides is 1. The van der Waals surface area contributed by atoms with E-state index in [0.717, 1.165) is 31.5 Å². The van der Waals surface area contributed by atoms with Crippen molar-refractivity contribution >= 4 is 18.1 Å². The molecule has 134 valence electrons. The largest absolute Gasteiger partial charge is 0.365 e. The molecule has 0 aromatic carbocycles. The van der Waals surface area contributed by atoms with Crippen LogP contribution in [0.1, 0.15) is 47.2 Å². The zero-order valence-electron chi connectivity index (χ0n) is 14.6. The highest BCUT2D eigenvalue weighted by Gasteiger charge is 2.23. The Morgan fingerprint density at radius 2 is 2.23 bits per heavy atom. The van der Waals surface area contributed by atoms with Crippen LogP contribution in [0.15, 0.2) is 29.6 Å². The number of fused-ring (bicyclic) bond motifs is 1. The Labute approximate surface area is 150 Å². The summed E-state index contributed by atoms with van der Waals surface area (Å²) in [6.45, 7) is 2.02. The number of aliphatic imine (C=N–C) groups is 1. The number of carbonyl (C=O) groups excluding carboxylic acids is 1. The molecule has 1 amide bonds. The van der Waals surface area contributed by atoms with Gasteiger partial charge in [0.15, 0.2) is 11.6 Å². The van der Waals surface area contributed by atoms with Crippen LogP contribution in [0.4, 0.5) is 5.82 Å². The zero-order chi connectivity index (χ0) is 18.1. The van der Waals surface area contributed by atoms with Crippen molar-refractivity contribution in [1.29, 1.82) is 0 Å². The monoisotopic (exact) mass is 351 g/mol. The van der Waals surface area contributed by atoms with Crippen LogP contribution in [0.3, 0.4) is 0 Å². The minimum absolute atomic E-state index is 0.295. The molecular weight excluding hydrogens is 330 g/mol. The van der Waals surface area contributed by atoms with Crippen molar-refractivity contribution < 1.29 is 4.79 Å². The van der Waals surface area contributed by atoms with Crippen molar-refractivity contribution in [3.05, 3.63) is 47.3 Å². The normalized spacial score (nSPS) is 14.0. The number of nitrogens with two attached hydrogens (primary N) is 1. The van der Waals surface area contributed by atoms with Crippen molar-refractivity contribution in [2.75, 3.05) is 0 Å². The third kappa shape index (κ3) is 2.73. The number of carbonyl (C=O) groups is 1. The SMILES string of the molecule is CCc1nccn1/C=N/c1[nH]nc(-n2ccc3c2CCCC3)c1C(N)=O. The maximum Gasteiger partial charge on any atom is 0.256 e. The fourth-order valence-corrected chi connectivity index (χ4v) is 3.48. The van der Waals surface area contributed by atoms with Gasteiger partial charge in [0.05, 0.1) is 0 Å². The van der Waals surface area contributed by atoms with Gasteiger partial charge in [-0.1, -0.05) is 6.92 Å². The molecule has 26 heavy (non-hydrogen) atoms. The molecule has 3 N–H and O–H groups in total. The van der Waals surface area contributed by atoms with Crippen molar-refractivity contribution in [2.24, 2.45) is 10.7 Å². The molecule has 1 aliphatic rings. The Bertz CT molecular complexity index is 976. The Morgan fingerprint density at radius 3 is 3.04 bits per heavy atom. The molecule has 0 aliphatic heterocycles. The summed E-state index contributed by atoms with van der Waals surface area (Å²) in [5.41, 5.74) is 8.45. The number of imidazole rings is 1. The lowest BCUT2D eigenvalue weighted by molar-refractivity contribution is 0.100. The molecule has 3 heterocycles. The zero-order valence-corrected chi connectivity index (χ0v) is 14.6. The van der Waals surface area contributed by atoms with E-state index in [1.165, 1.54) is 17.7 Å². The van der Waals surface area contributed by atoms with Gasteiger partial charge in [-0.2, -0.15) is 5.10 Å². The van der Waals surface area contributed by atoms with Gasteiger partial charge in [-0.25, -0.2) is 9.98 Å². The lowest BCUT2D eigenvalue weighted by atomic mass is 9.98. The van der Waals surface area contributed by atoms with Crippen LogP contribution >= 0.6 is 0 Å². The van der Waals surface area contributed by atoms with Gasteiger partial charge in [-0.3, -0.25) is 14.5 Å². The van der Waals surface area contributed by atoms with Crippen LogP contribution in [-0.4, -0.2) is 36.6 Å². The smallest absolute Gasteiger partial charge is 0.256 e. The van der Waals surface area contributed by atoms with Crippen molar-refractivity contribution in [1.82, 2.24) is 24.3 Å². The van der Waals surface area contributed by atoms with E-state index in [1.807, 2.05) is 28.5 Å². The number of rotatable bonds is 5. The molecule has 8 nitrogen and oxygen atoms in total. The first-order valence-electron chi connectivity index (χ1n) is 8.82. The summed E-state index contributed by atoms with van der Waals surface area (Å²) in [4.78, 5) is 20.7. The van der Waals surface area contributed by atoms with Gasteiger partial charge in [0.1, 0.15) is 17.7 Å². The molecule has 0 atom stereocenters. The number of nitrogens with zero attached hydrogens (tertiary/aromatic N) is 5. The van der Waals surface area contributed by atoms with E-state index in [0.29, 0.717) is 17.2 Å². The lowest BCUT2D eigenvalue weighted by Gasteiger charge is -2.14. The van der Waals surface area contributed by atoms with Gasteiger partial charge in [-0.05, 0) is 37.3 Å². The summed E-state index contributed by atoms with van der Waals surface area (Å²) in [7, 11) is 0. The molecule has 0 saturated heterocycles. The quantitative estimate of drug-likeness (QED) is 0.543. The van der Waals surface area contributed by atoms with Crippen molar-refractivity contribution in [3.8, 4) is 5.82 Å². The molecule has 0 fully saturated rings. The molecule has 3 aromatic rings. The first kappa shape index (κ1) is 16.3. The van der Waals surface area contributed by atoms with Crippen LogP contribution < -0.4 is 5.73 Å². The number of hydrogen-bond donors (Lipinski definition) is 2. The second kappa shape index (κ2) is 6.62. The molecule has 0 unspecified atom stereocenters. The van der Waals surface area contributed by atoms with E-state index in [4.69, 9.17) is 5.73 Å². The van der Waals surface area contributed by atoms with Crippen LogP contribution in [0.25, 0.3) is 5.82 Å². The summed E-state index contributed by atoms with van der Waals surface area (Å²) in [6.07, 6.45) is 12.2. The van der Waals surface area contributed by atoms with E-state index in [9.17, 15) is 4.79 Å². The standard InChI is InChI=1S/C18H21N7O/c1-2-14-20-8-10-24(14)11-21-17-15(16(19)26)18(23-22-17)25-9-7-12-5-3-4-6-13(12)25/h7-11H,2-6H2,1H3,(H2,19,26)(H,22,23)/b21-11+. The van der Waals surface area contributed by atoms with Crippen LogP contribution in [-0.2, 0) is 19.3 Å². The molecule has 3 aromatic heterocycles. The molecule has 0 bridgehead atoms. The Morgan fingerprint density at radius 1 is 1.38 bits per heavy atom. The number of nitrogens with one attached hydrogen (secondary N) is 1. The molecule has 0 saturated carbocycles. The average Bonchev–Trinajstić information content (AvgIpc) is 3.36. The fraction of sp³-hybridized carbons (Fsp3) is 0.333. The minimum Gasteiger partial charge on any atom is -0.365 e. The first-order chi connectivity index (χ1) is 12.7. The third-order valence-electron chi connectivity index (χ3n) is 4.77. The Balaban J connectivity index is 1.74. The van der Waals surface area contributed by atoms with Gasteiger partial charge in [-0.15, -0.1) is 0 Å². The summed E-state index contributed by atoms with van der Waals surface area (Å²) in [5, 5.41) is 7.18. The number of amides is 1. The fourth-order valence-electron chi connectivity index (χ4n) is 3.48. The summed E-state index contributed by atoms with van der Waals surface area (Å²) >= 11 is 0. The van der Waals surface area contributed by atoms with Gasteiger partial charge in [0.25, 0.3) is 5.91 Å². The highest BCUT2D eigenvalue weighted by atomic mass is 16.1. The second-order valence-electron chi connectivity index (χ2n) is 6.35. The minimum atomic E-state index is -0.555. The molecule has 8 heteroatoms. The number of aryl methyl sites for hydroxylation is 2. The summed E-state index contributed by atoms with van der Waals surface area (Å²) in [5.74, 6) is 1.18. The number of aromatic amines is 1. The molecule has 1 aliphatic carbocycles. The Hall–Kier alpha value is -3.16. The van der Waals surface area contributed by atoms with Gasteiger partial charge >= 0.3 is 0 Å². The van der Waals surface area contributed by atoms with E-state index >= 15 is 0 Å². The van der Waals surface area contributed by atoms with Crippen molar-refractivity contribution in [3.63, 3.8) is 0 Å². The molecule has 0 spiro atoms. The van der Waals surface area contributed by atoms with Crippen LogP contribution in [0, 0.1) is 0 Å². The van der Waals surface area contributed by atoms with E-state index < -0.39 is 5.91 Å². The summed E-state index contributed by atoms with van der Waals surface area (Å²) < 4.78 is 3.77. The first-order valence-corrected chi connectivity index (χ1v) is 8.82. The van der Waals surface area contributed by atoms with Gasteiger partial charge in [0.2, 0.25) is 0 Å². The summed E-state index contributed by atoms with van der Waals surface area (Å²) in [6, 6.07) is 2.09. The molecular formula is C18H21N7O. The number of H-pyrrole nitrogens is 1. The van der Waals surface area contributed by atoms with E-state index in [1.54, 1.807) is 12.5 Å².